The van der Waals surface area contributed by atoms with Crippen LogP contribution in [0.15, 0.2) is 47.4 Å². The summed E-state index contributed by atoms with van der Waals surface area (Å²) in [5.41, 5.74) is -1.98. The van der Waals surface area contributed by atoms with Crippen LogP contribution in [0.4, 0.5) is 22.0 Å². The Morgan fingerprint density at radius 3 is 2.41 bits per heavy atom. The highest BCUT2D eigenvalue weighted by molar-refractivity contribution is 8.00. The molecule has 3 nitrogen and oxygen atoms in total. The smallest absolute Gasteiger partial charge is 0.446 e. The summed E-state index contributed by atoms with van der Waals surface area (Å²) in [7, 11) is 1.41. The molecule has 39 heavy (non-hydrogen) atoms. The van der Waals surface area contributed by atoms with Crippen LogP contribution in [0.3, 0.4) is 0 Å². The molecule has 2 aliphatic carbocycles. The number of thioether (sulfide) groups is 1. The molecule has 0 heterocycles. The Bertz CT molecular complexity index is 1390. The lowest BCUT2D eigenvalue weighted by Gasteiger charge is -2.22. The predicted molar refractivity (Wildman–Crippen MR) is 132 cm³/mol. The maximum absolute atomic E-state index is 15.7. The molecule has 0 N–H and O–H groups in total. The molecule has 0 amide bonds. The van der Waals surface area contributed by atoms with E-state index in [2.05, 4.69) is 0 Å². The molecule has 0 aliphatic heterocycles. The van der Waals surface area contributed by atoms with Crippen molar-refractivity contribution in [2.75, 3.05) is 26.9 Å². The van der Waals surface area contributed by atoms with E-state index < -0.39 is 39.7 Å². The molecule has 1 atom stereocenters. The lowest BCUT2D eigenvalue weighted by Crippen LogP contribution is -3.00. The van der Waals surface area contributed by atoms with Crippen molar-refractivity contribution in [3.05, 3.63) is 81.9 Å². The van der Waals surface area contributed by atoms with Crippen LogP contribution in [0.5, 0.6) is 11.5 Å². The van der Waals surface area contributed by atoms with Crippen LogP contribution in [0, 0.1) is 11.6 Å². The molecule has 3 aromatic carbocycles. The van der Waals surface area contributed by atoms with Crippen LogP contribution in [0.25, 0.3) is 17.2 Å². The van der Waals surface area contributed by atoms with Gasteiger partial charge in [-0.05, 0) is 53.4 Å². The third-order valence-electron chi connectivity index (χ3n) is 6.53. The normalized spacial score (nSPS) is 14.7. The zero-order chi connectivity index (χ0) is 26.3. The van der Waals surface area contributed by atoms with E-state index in [1.807, 2.05) is 31.2 Å². The standard InChI is InChI=1S/C28H23F5O3S.2FH/c1-3-35-12-13-36-26-20(34-2)11-9-16-14-19-22(18-10-8-15-6-4-5-7-17(15)18)24(29)25(30)27(23(19)21(16)26)37-28(31,32)33;;/h4-11,18H,3,12-14H2,1-2H3;2*1H/p-2. The minimum absolute atomic E-state index is 0. The zero-order valence-electron chi connectivity index (χ0n) is 20.8. The average molecular weight is 573 g/mol. The first kappa shape index (κ1) is 30.4. The van der Waals surface area contributed by atoms with E-state index in [9.17, 15) is 13.2 Å². The quantitative estimate of drug-likeness (QED) is 0.183. The Labute approximate surface area is 224 Å². The van der Waals surface area contributed by atoms with Gasteiger partial charge in [-0.2, -0.15) is 13.2 Å². The minimum Gasteiger partial charge on any atom is -1.00 e. The molecule has 0 saturated carbocycles. The number of fused-ring (bicyclic) bond motifs is 4. The van der Waals surface area contributed by atoms with Crippen LogP contribution in [0.1, 0.15) is 40.7 Å². The number of hydrogen-bond acceptors (Lipinski definition) is 4. The predicted octanol–water partition coefficient (Wildman–Crippen LogP) is 1.74. The van der Waals surface area contributed by atoms with Gasteiger partial charge in [-0.1, -0.05) is 42.5 Å². The number of allylic oxidation sites excluding steroid dienone is 1. The lowest BCUT2D eigenvalue weighted by atomic mass is 9.87. The summed E-state index contributed by atoms with van der Waals surface area (Å²) in [5, 5.41) is 0. The van der Waals surface area contributed by atoms with Crippen molar-refractivity contribution < 1.29 is 45.6 Å². The highest BCUT2D eigenvalue weighted by atomic mass is 32.2. The Kier molecular flexibility index (Phi) is 9.27. The molecule has 11 heteroatoms. The Morgan fingerprint density at radius 2 is 1.72 bits per heavy atom. The zero-order valence-corrected chi connectivity index (χ0v) is 21.6. The Balaban J connectivity index is 0.00000210. The van der Waals surface area contributed by atoms with Gasteiger partial charge >= 0.3 is 5.51 Å². The molecule has 0 radical (unpaired) electrons. The van der Waals surface area contributed by atoms with Gasteiger partial charge in [0.05, 0.1) is 18.6 Å². The topological polar surface area (TPSA) is 27.7 Å². The summed E-state index contributed by atoms with van der Waals surface area (Å²) >= 11 is -0.653. The second-order valence-electron chi connectivity index (χ2n) is 8.59. The highest BCUT2D eigenvalue weighted by Gasteiger charge is 2.41. The monoisotopic (exact) mass is 572 g/mol. The Hall–Kier alpha value is -3.18. The van der Waals surface area contributed by atoms with E-state index in [4.69, 9.17) is 14.2 Å². The van der Waals surface area contributed by atoms with Crippen LogP contribution in [0.2, 0.25) is 0 Å². The number of halogens is 7. The van der Waals surface area contributed by atoms with Gasteiger partial charge in [-0.25, -0.2) is 8.78 Å². The maximum atomic E-state index is 15.7. The number of benzene rings is 3. The SMILES string of the molecule is CCOCCOc1c(OC)ccc2c1-c1c(c(C3C=Cc4ccccc43)c(F)c(F)c1SC(F)(F)F)C2.[F-].[F-]. The largest absolute Gasteiger partial charge is 1.00 e. The first-order valence-electron chi connectivity index (χ1n) is 11.7. The maximum Gasteiger partial charge on any atom is 0.446 e. The summed E-state index contributed by atoms with van der Waals surface area (Å²) in [6.07, 6.45) is 3.69. The molecular formula is C28H23F7O3S-2. The van der Waals surface area contributed by atoms with Crippen LogP contribution in [-0.2, 0) is 11.2 Å². The number of rotatable bonds is 8. The molecule has 0 bridgehead atoms. The van der Waals surface area contributed by atoms with Crippen LogP contribution >= 0.6 is 11.8 Å². The van der Waals surface area contributed by atoms with Gasteiger partial charge in [-0.3, -0.25) is 0 Å². The van der Waals surface area contributed by atoms with Crippen LogP contribution < -0.4 is 18.9 Å². The molecule has 0 aromatic heterocycles. The molecule has 0 saturated heterocycles. The van der Waals surface area contributed by atoms with E-state index in [1.54, 1.807) is 24.3 Å². The van der Waals surface area contributed by atoms with Crippen molar-refractivity contribution in [3.8, 4) is 22.6 Å². The van der Waals surface area contributed by atoms with E-state index in [-0.39, 0.29) is 57.2 Å². The summed E-state index contributed by atoms with van der Waals surface area (Å²) in [5.74, 6) is -2.96. The van der Waals surface area contributed by atoms with Crippen molar-refractivity contribution >= 4 is 17.8 Å². The van der Waals surface area contributed by atoms with Gasteiger partial charge in [0.25, 0.3) is 0 Å². The van der Waals surface area contributed by atoms with Crippen molar-refractivity contribution in [1.29, 1.82) is 0 Å². The first-order chi connectivity index (χ1) is 17.7. The van der Waals surface area contributed by atoms with Crippen molar-refractivity contribution in [3.63, 3.8) is 0 Å². The van der Waals surface area contributed by atoms with Crippen molar-refractivity contribution in [2.24, 2.45) is 0 Å². The van der Waals surface area contributed by atoms with Gasteiger partial charge in [0.15, 0.2) is 23.1 Å². The lowest BCUT2D eigenvalue weighted by molar-refractivity contribution is -0.0329. The molecule has 1 unspecified atom stereocenters. The summed E-state index contributed by atoms with van der Waals surface area (Å²) < 4.78 is 88.9. The second kappa shape index (κ2) is 11.9. The van der Waals surface area contributed by atoms with E-state index in [1.165, 1.54) is 7.11 Å². The minimum atomic E-state index is -4.83. The average Bonchev–Trinajstić information content (AvgIpc) is 3.46. The van der Waals surface area contributed by atoms with E-state index >= 15 is 8.78 Å². The number of hydrogen-bond donors (Lipinski definition) is 0. The highest BCUT2D eigenvalue weighted by Crippen LogP contribution is 2.56. The summed E-state index contributed by atoms with van der Waals surface area (Å²) in [6.45, 7) is 2.64. The van der Waals surface area contributed by atoms with Gasteiger partial charge in [0.2, 0.25) is 0 Å². The molecular weight excluding hydrogens is 549 g/mol. The first-order valence-corrected chi connectivity index (χ1v) is 12.5. The number of ether oxygens (including phenoxy) is 3. The molecule has 5 rings (SSSR count). The summed E-state index contributed by atoms with van der Waals surface area (Å²) in [6, 6.07) is 10.7. The van der Waals surface area contributed by atoms with Gasteiger partial charge < -0.3 is 23.6 Å². The van der Waals surface area contributed by atoms with Crippen molar-refractivity contribution in [2.45, 2.75) is 29.7 Å². The van der Waals surface area contributed by atoms with E-state index in [0.717, 1.165) is 11.1 Å². The van der Waals surface area contributed by atoms with Gasteiger partial charge in [-0.15, -0.1) is 0 Å². The summed E-state index contributed by atoms with van der Waals surface area (Å²) in [4.78, 5) is -0.805. The molecule has 3 aromatic rings. The number of alkyl halides is 3. The van der Waals surface area contributed by atoms with Gasteiger partial charge in [0.1, 0.15) is 6.61 Å². The fourth-order valence-corrected chi connectivity index (χ4v) is 5.82. The molecule has 2 aliphatic rings. The fraction of sp³-hybridized carbons (Fsp3) is 0.286. The van der Waals surface area contributed by atoms with Crippen LogP contribution in [-0.4, -0.2) is 32.4 Å². The second-order valence-corrected chi connectivity index (χ2v) is 9.67. The Morgan fingerprint density at radius 1 is 0.974 bits per heavy atom. The fourth-order valence-electron chi connectivity index (χ4n) is 5.08. The molecule has 0 spiro atoms. The third kappa shape index (κ3) is 5.47. The third-order valence-corrected chi connectivity index (χ3v) is 7.35. The van der Waals surface area contributed by atoms with Crippen molar-refractivity contribution in [1.82, 2.24) is 0 Å². The molecule has 210 valence electrons. The molecule has 0 fully saturated rings. The van der Waals surface area contributed by atoms with E-state index in [0.29, 0.717) is 17.7 Å². The van der Waals surface area contributed by atoms with Gasteiger partial charge in [0, 0.05) is 29.2 Å². The number of methoxy groups -OCH3 is 1.